The van der Waals surface area contributed by atoms with Crippen LogP contribution in [-0.2, 0) is 0 Å². The highest BCUT2D eigenvalue weighted by atomic mass is 79.9. The molecule has 0 fully saturated rings. The van der Waals surface area contributed by atoms with Crippen molar-refractivity contribution in [2.75, 3.05) is 6.54 Å². The number of pyridine rings is 1. The van der Waals surface area contributed by atoms with Crippen LogP contribution in [0, 0.1) is 0 Å². The van der Waals surface area contributed by atoms with Gasteiger partial charge in [0.1, 0.15) is 11.3 Å². The Morgan fingerprint density at radius 1 is 1.38 bits per heavy atom. The van der Waals surface area contributed by atoms with Gasteiger partial charge in [0.2, 0.25) is 5.88 Å². The van der Waals surface area contributed by atoms with E-state index in [1.807, 2.05) is 12.1 Å². The maximum Gasteiger partial charge on any atom is 0.256 e. The summed E-state index contributed by atoms with van der Waals surface area (Å²) in [5.41, 5.74) is 0.320. The zero-order valence-corrected chi connectivity index (χ0v) is 13.0. The molecule has 0 saturated carbocycles. The maximum atomic E-state index is 12.1. The monoisotopic (exact) mass is 350 g/mol. The van der Waals surface area contributed by atoms with Gasteiger partial charge in [0.15, 0.2) is 0 Å². The smallest absolute Gasteiger partial charge is 0.256 e. The second-order valence-corrected chi connectivity index (χ2v) is 5.39. The van der Waals surface area contributed by atoms with Crippen molar-refractivity contribution in [2.24, 2.45) is 0 Å². The molecular formula is C15H15BrN2O3. The highest BCUT2D eigenvalue weighted by Gasteiger charge is 2.14. The first-order chi connectivity index (χ1) is 10.1. The fourth-order valence-corrected chi connectivity index (χ4v) is 1.86. The molecule has 1 aromatic heterocycles. The fraction of sp³-hybridized carbons (Fsp3) is 0.200. The Morgan fingerprint density at radius 3 is 2.76 bits per heavy atom. The number of carbonyl (C=O) groups is 1. The molecular weight excluding hydrogens is 336 g/mol. The third-order valence-electron chi connectivity index (χ3n) is 2.60. The van der Waals surface area contributed by atoms with Gasteiger partial charge in [0, 0.05) is 17.2 Å². The number of nitrogens with one attached hydrogen (secondary N) is 1. The Labute approximate surface area is 131 Å². The van der Waals surface area contributed by atoms with Crippen molar-refractivity contribution in [2.45, 2.75) is 13.0 Å². The summed E-state index contributed by atoms with van der Waals surface area (Å²) < 4.78 is 6.57. The van der Waals surface area contributed by atoms with Gasteiger partial charge in [-0.2, -0.15) is 0 Å². The summed E-state index contributed by atoms with van der Waals surface area (Å²) in [6, 6.07) is 10.5. The number of aliphatic hydroxyl groups is 1. The van der Waals surface area contributed by atoms with Gasteiger partial charge in [-0.25, -0.2) is 4.98 Å². The Hall–Kier alpha value is -1.92. The van der Waals surface area contributed by atoms with Crippen molar-refractivity contribution in [3.8, 4) is 11.6 Å². The zero-order valence-electron chi connectivity index (χ0n) is 11.4. The second kappa shape index (κ2) is 7.19. The number of benzene rings is 1. The number of carbonyl (C=O) groups excluding carboxylic acids is 1. The summed E-state index contributed by atoms with van der Waals surface area (Å²) in [5, 5.41) is 11.8. The number of aliphatic hydroxyl groups excluding tert-OH is 1. The molecule has 2 N–H and O–H groups in total. The summed E-state index contributed by atoms with van der Waals surface area (Å²) in [6.45, 7) is 1.77. The van der Waals surface area contributed by atoms with Crippen molar-refractivity contribution >= 4 is 21.8 Å². The lowest BCUT2D eigenvalue weighted by atomic mass is 10.2. The normalized spacial score (nSPS) is 11.8. The van der Waals surface area contributed by atoms with Gasteiger partial charge in [0.05, 0.1) is 6.10 Å². The topological polar surface area (TPSA) is 71.5 Å². The molecule has 110 valence electrons. The molecule has 2 aromatic rings. The Kier molecular flexibility index (Phi) is 5.30. The number of halogens is 1. The number of hydrogen-bond donors (Lipinski definition) is 2. The molecule has 1 amide bonds. The molecule has 0 aliphatic rings. The first kappa shape index (κ1) is 15.5. The van der Waals surface area contributed by atoms with Gasteiger partial charge < -0.3 is 15.2 Å². The first-order valence-electron chi connectivity index (χ1n) is 6.41. The summed E-state index contributed by atoms with van der Waals surface area (Å²) in [7, 11) is 0. The van der Waals surface area contributed by atoms with Gasteiger partial charge in [0.25, 0.3) is 5.91 Å². The maximum absolute atomic E-state index is 12.1. The average Bonchev–Trinajstić information content (AvgIpc) is 2.48. The Bertz CT molecular complexity index is 615. The molecule has 0 bridgehead atoms. The average molecular weight is 351 g/mol. The molecule has 1 aromatic carbocycles. The summed E-state index contributed by atoms with van der Waals surface area (Å²) in [5.74, 6) is 0.473. The van der Waals surface area contributed by atoms with E-state index < -0.39 is 6.10 Å². The van der Waals surface area contributed by atoms with Crippen LogP contribution in [0.15, 0.2) is 47.1 Å². The predicted octanol–water partition coefficient (Wildman–Crippen LogP) is 2.75. The second-order valence-electron chi connectivity index (χ2n) is 4.47. The minimum Gasteiger partial charge on any atom is -0.438 e. The van der Waals surface area contributed by atoms with Gasteiger partial charge in [-0.15, -0.1) is 0 Å². The zero-order chi connectivity index (χ0) is 15.2. The van der Waals surface area contributed by atoms with Crippen molar-refractivity contribution in [3.05, 3.63) is 52.6 Å². The molecule has 6 heteroatoms. The lowest BCUT2D eigenvalue weighted by Gasteiger charge is -2.11. The SMILES string of the molecule is CC(O)CNC(=O)c1cccnc1Oc1ccc(Br)cc1. The van der Waals surface area contributed by atoms with Crippen molar-refractivity contribution < 1.29 is 14.6 Å². The molecule has 21 heavy (non-hydrogen) atoms. The molecule has 1 unspecified atom stereocenters. The van der Waals surface area contributed by atoms with Gasteiger partial charge >= 0.3 is 0 Å². The van der Waals surface area contributed by atoms with Gasteiger partial charge in [-0.05, 0) is 43.3 Å². The number of aromatic nitrogens is 1. The molecule has 5 nitrogen and oxygen atoms in total. The lowest BCUT2D eigenvalue weighted by molar-refractivity contribution is 0.0921. The number of nitrogens with zero attached hydrogens (tertiary/aromatic N) is 1. The third-order valence-corrected chi connectivity index (χ3v) is 3.13. The minimum absolute atomic E-state index is 0.172. The molecule has 1 heterocycles. The number of rotatable bonds is 5. The minimum atomic E-state index is -0.610. The van der Waals surface area contributed by atoms with Crippen molar-refractivity contribution in [3.63, 3.8) is 0 Å². The largest absolute Gasteiger partial charge is 0.438 e. The third kappa shape index (κ3) is 4.54. The molecule has 1 atom stereocenters. The molecule has 2 rings (SSSR count). The number of amides is 1. The molecule has 0 aliphatic carbocycles. The van der Waals surface area contributed by atoms with Crippen LogP contribution in [0.25, 0.3) is 0 Å². The van der Waals surface area contributed by atoms with Crippen molar-refractivity contribution in [1.29, 1.82) is 0 Å². The van der Waals surface area contributed by atoms with E-state index >= 15 is 0 Å². The molecule has 0 spiro atoms. The predicted molar refractivity (Wildman–Crippen MR) is 82.5 cm³/mol. The van der Waals surface area contributed by atoms with Gasteiger partial charge in [-0.3, -0.25) is 4.79 Å². The van der Waals surface area contributed by atoms with Crippen LogP contribution in [0.1, 0.15) is 17.3 Å². The van der Waals surface area contributed by atoms with E-state index in [0.717, 1.165) is 4.47 Å². The summed E-state index contributed by atoms with van der Waals surface area (Å²) >= 11 is 3.34. The Balaban J connectivity index is 2.16. The summed E-state index contributed by atoms with van der Waals surface area (Å²) in [6.07, 6.45) is 0.945. The number of ether oxygens (including phenoxy) is 1. The molecule has 0 aliphatic heterocycles. The van der Waals surface area contributed by atoms with E-state index in [9.17, 15) is 9.90 Å². The fourth-order valence-electron chi connectivity index (χ4n) is 1.59. The van der Waals surface area contributed by atoms with Crippen LogP contribution >= 0.6 is 15.9 Å². The van der Waals surface area contributed by atoms with E-state index in [1.54, 1.807) is 37.4 Å². The van der Waals surface area contributed by atoms with Crippen molar-refractivity contribution in [1.82, 2.24) is 10.3 Å². The van der Waals surface area contributed by atoms with E-state index in [0.29, 0.717) is 11.3 Å². The molecule has 0 saturated heterocycles. The van der Waals surface area contributed by atoms with Crippen LogP contribution in [0.2, 0.25) is 0 Å². The van der Waals surface area contributed by atoms with E-state index in [1.165, 1.54) is 0 Å². The van der Waals surface area contributed by atoms with Crippen LogP contribution in [0.4, 0.5) is 0 Å². The first-order valence-corrected chi connectivity index (χ1v) is 7.20. The van der Waals surface area contributed by atoms with Crippen LogP contribution in [0.5, 0.6) is 11.6 Å². The van der Waals surface area contributed by atoms with Gasteiger partial charge in [-0.1, -0.05) is 15.9 Å². The highest BCUT2D eigenvalue weighted by molar-refractivity contribution is 9.10. The van der Waals surface area contributed by atoms with Crippen LogP contribution in [0.3, 0.4) is 0 Å². The standard InChI is InChI=1S/C15H15BrN2O3/c1-10(19)9-18-14(20)13-3-2-8-17-15(13)21-12-6-4-11(16)5-7-12/h2-8,10,19H,9H2,1H3,(H,18,20). The summed E-state index contributed by atoms with van der Waals surface area (Å²) in [4.78, 5) is 16.2. The molecule has 0 radical (unpaired) electrons. The lowest BCUT2D eigenvalue weighted by Crippen LogP contribution is -2.30. The number of hydrogen-bond acceptors (Lipinski definition) is 4. The highest BCUT2D eigenvalue weighted by Crippen LogP contribution is 2.24. The van der Waals surface area contributed by atoms with E-state index in [-0.39, 0.29) is 18.3 Å². The van der Waals surface area contributed by atoms with E-state index in [4.69, 9.17) is 4.74 Å². The quantitative estimate of drug-likeness (QED) is 0.869. The van der Waals surface area contributed by atoms with Crippen LogP contribution < -0.4 is 10.1 Å². The van der Waals surface area contributed by atoms with Crippen LogP contribution in [-0.4, -0.2) is 28.6 Å². The Morgan fingerprint density at radius 2 is 2.10 bits per heavy atom. The van der Waals surface area contributed by atoms with E-state index in [2.05, 4.69) is 26.2 Å².